The van der Waals surface area contributed by atoms with Crippen molar-refractivity contribution in [2.45, 2.75) is 45.2 Å². The Balaban J connectivity index is 1.57. The molecule has 25 heavy (non-hydrogen) atoms. The van der Waals surface area contributed by atoms with Crippen LogP contribution in [-0.2, 0) is 11.3 Å². The van der Waals surface area contributed by atoms with Gasteiger partial charge in [-0.2, -0.15) is 0 Å². The quantitative estimate of drug-likeness (QED) is 0.841. The van der Waals surface area contributed by atoms with Crippen molar-refractivity contribution in [1.29, 1.82) is 0 Å². The summed E-state index contributed by atoms with van der Waals surface area (Å²) in [7, 11) is 2.07. The van der Waals surface area contributed by atoms with Gasteiger partial charge in [0.05, 0.1) is 6.04 Å². The molecule has 0 bridgehead atoms. The average molecular weight is 347 g/mol. The van der Waals surface area contributed by atoms with E-state index in [0.29, 0.717) is 5.91 Å². The van der Waals surface area contributed by atoms with E-state index in [4.69, 9.17) is 0 Å². The van der Waals surface area contributed by atoms with Crippen LogP contribution < -0.4 is 0 Å². The van der Waals surface area contributed by atoms with Crippen molar-refractivity contribution in [1.82, 2.24) is 14.7 Å². The third kappa shape index (κ3) is 4.59. The van der Waals surface area contributed by atoms with Crippen LogP contribution in [0.25, 0.3) is 0 Å². The topological polar surface area (TPSA) is 26.8 Å². The molecule has 0 aromatic heterocycles. The van der Waals surface area contributed by atoms with Gasteiger partial charge in [-0.25, -0.2) is 4.39 Å². The average Bonchev–Trinajstić information content (AvgIpc) is 2.83. The van der Waals surface area contributed by atoms with E-state index in [1.165, 1.54) is 18.1 Å². The molecule has 2 aliphatic rings. The first-order valence-corrected chi connectivity index (χ1v) is 9.51. The molecule has 2 saturated heterocycles. The molecule has 0 radical (unpaired) electrons. The molecule has 0 aliphatic carbocycles. The number of nitrogens with zero attached hydrogens (tertiary/aromatic N) is 3. The van der Waals surface area contributed by atoms with Crippen molar-refractivity contribution >= 4 is 5.91 Å². The largest absolute Gasteiger partial charge is 0.340 e. The maximum atomic E-state index is 13.3. The van der Waals surface area contributed by atoms with Crippen LogP contribution in [0.3, 0.4) is 0 Å². The molecule has 1 amide bonds. The number of likely N-dealkylation sites (N-methyl/N-ethyl adjacent to an activating group) is 1. The Bertz CT molecular complexity index is 607. The first-order valence-electron chi connectivity index (χ1n) is 9.51. The normalized spacial score (nSPS) is 23.5. The second kappa shape index (κ2) is 8.28. The maximum absolute atomic E-state index is 13.3. The van der Waals surface area contributed by atoms with Gasteiger partial charge in [0.1, 0.15) is 5.82 Å². The molecular weight excluding hydrogens is 317 g/mol. The SMILES string of the molecule is Cc1cc(F)ccc1CN1CCCN(C(=O)C2CCCCN2C)CC1. The number of halogens is 1. The van der Waals surface area contributed by atoms with Crippen LogP contribution >= 0.6 is 0 Å². The van der Waals surface area contributed by atoms with E-state index in [2.05, 4.69) is 21.7 Å². The number of benzene rings is 1. The van der Waals surface area contributed by atoms with Crippen molar-refractivity contribution in [3.63, 3.8) is 0 Å². The summed E-state index contributed by atoms with van der Waals surface area (Å²) in [5.74, 6) is 0.132. The highest BCUT2D eigenvalue weighted by atomic mass is 19.1. The standard InChI is InChI=1S/C20H30FN3O/c1-16-14-18(21)8-7-17(16)15-23-10-5-11-24(13-12-23)20(25)19-6-3-4-9-22(19)2/h7-8,14,19H,3-6,9-13,15H2,1-2H3. The zero-order chi connectivity index (χ0) is 17.8. The molecule has 1 aromatic rings. The second-order valence-corrected chi connectivity index (χ2v) is 7.52. The van der Waals surface area contributed by atoms with Crippen LogP contribution in [0, 0.1) is 12.7 Å². The molecule has 1 atom stereocenters. The van der Waals surface area contributed by atoms with Gasteiger partial charge in [-0.15, -0.1) is 0 Å². The Morgan fingerprint density at radius 2 is 1.96 bits per heavy atom. The summed E-state index contributed by atoms with van der Waals surface area (Å²) in [6.07, 6.45) is 4.35. The van der Waals surface area contributed by atoms with Crippen molar-refractivity contribution in [3.05, 3.63) is 35.1 Å². The van der Waals surface area contributed by atoms with E-state index in [1.807, 2.05) is 13.0 Å². The second-order valence-electron chi connectivity index (χ2n) is 7.52. The molecule has 138 valence electrons. The lowest BCUT2D eigenvalue weighted by Crippen LogP contribution is -2.50. The predicted molar refractivity (Wildman–Crippen MR) is 97.9 cm³/mol. The Kier molecular flexibility index (Phi) is 6.07. The summed E-state index contributed by atoms with van der Waals surface area (Å²) in [4.78, 5) is 19.6. The van der Waals surface area contributed by atoms with E-state index in [1.54, 1.807) is 6.07 Å². The van der Waals surface area contributed by atoms with Gasteiger partial charge in [0.15, 0.2) is 0 Å². The number of carbonyl (C=O) groups is 1. The monoisotopic (exact) mass is 347 g/mol. The van der Waals surface area contributed by atoms with Crippen LogP contribution in [0.4, 0.5) is 4.39 Å². The molecule has 0 N–H and O–H groups in total. The Labute approximate surface area is 150 Å². The number of piperidine rings is 1. The highest BCUT2D eigenvalue weighted by Crippen LogP contribution is 2.19. The van der Waals surface area contributed by atoms with Gasteiger partial charge in [-0.05, 0) is 63.0 Å². The lowest BCUT2D eigenvalue weighted by molar-refractivity contribution is -0.137. The van der Waals surface area contributed by atoms with Crippen molar-refractivity contribution in [3.8, 4) is 0 Å². The number of aryl methyl sites for hydroxylation is 1. The minimum atomic E-state index is -0.175. The molecular formula is C20H30FN3O. The summed E-state index contributed by atoms with van der Waals surface area (Å²) >= 11 is 0. The number of carbonyl (C=O) groups excluding carboxylic acids is 1. The zero-order valence-corrected chi connectivity index (χ0v) is 15.5. The molecule has 3 rings (SSSR count). The first-order chi connectivity index (χ1) is 12.0. The van der Waals surface area contributed by atoms with Crippen molar-refractivity contribution in [2.75, 3.05) is 39.8 Å². The fraction of sp³-hybridized carbons (Fsp3) is 0.650. The van der Waals surface area contributed by atoms with Gasteiger partial charge in [0.2, 0.25) is 5.91 Å². The summed E-state index contributed by atoms with van der Waals surface area (Å²) in [5.41, 5.74) is 2.18. The highest BCUT2D eigenvalue weighted by molar-refractivity contribution is 5.82. The van der Waals surface area contributed by atoms with Gasteiger partial charge >= 0.3 is 0 Å². The first kappa shape index (κ1) is 18.3. The van der Waals surface area contributed by atoms with Crippen LogP contribution in [0.5, 0.6) is 0 Å². The summed E-state index contributed by atoms with van der Waals surface area (Å²) in [6.45, 7) is 7.34. The van der Waals surface area contributed by atoms with E-state index >= 15 is 0 Å². The van der Waals surface area contributed by atoms with Crippen molar-refractivity contribution < 1.29 is 9.18 Å². The zero-order valence-electron chi connectivity index (χ0n) is 15.5. The number of hydrogen-bond acceptors (Lipinski definition) is 3. The third-order valence-corrected chi connectivity index (χ3v) is 5.65. The van der Waals surface area contributed by atoms with E-state index in [-0.39, 0.29) is 11.9 Å². The third-order valence-electron chi connectivity index (χ3n) is 5.65. The van der Waals surface area contributed by atoms with Crippen LogP contribution in [0.1, 0.15) is 36.8 Å². The maximum Gasteiger partial charge on any atom is 0.239 e. The van der Waals surface area contributed by atoms with Gasteiger partial charge in [0, 0.05) is 32.7 Å². The van der Waals surface area contributed by atoms with Crippen LogP contribution in [0.15, 0.2) is 18.2 Å². The van der Waals surface area contributed by atoms with Crippen LogP contribution in [0.2, 0.25) is 0 Å². The Morgan fingerprint density at radius 1 is 1.12 bits per heavy atom. The molecule has 0 spiro atoms. The molecule has 4 nitrogen and oxygen atoms in total. The number of hydrogen-bond donors (Lipinski definition) is 0. The Morgan fingerprint density at radius 3 is 2.72 bits per heavy atom. The summed E-state index contributed by atoms with van der Waals surface area (Å²) < 4.78 is 13.3. The minimum absolute atomic E-state index is 0.0691. The predicted octanol–water partition coefficient (Wildman–Crippen LogP) is 2.65. The molecule has 1 unspecified atom stereocenters. The van der Waals surface area contributed by atoms with E-state index in [0.717, 1.165) is 64.1 Å². The van der Waals surface area contributed by atoms with Gasteiger partial charge in [-0.3, -0.25) is 14.6 Å². The van der Waals surface area contributed by atoms with Gasteiger partial charge in [-0.1, -0.05) is 12.5 Å². The van der Waals surface area contributed by atoms with E-state index < -0.39 is 0 Å². The number of amides is 1. The minimum Gasteiger partial charge on any atom is -0.340 e. The van der Waals surface area contributed by atoms with Gasteiger partial charge in [0.25, 0.3) is 0 Å². The van der Waals surface area contributed by atoms with Gasteiger partial charge < -0.3 is 4.90 Å². The van der Waals surface area contributed by atoms with Crippen LogP contribution in [-0.4, -0.2) is 66.4 Å². The molecule has 5 heteroatoms. The molecule has 0 saturated carbocycles. The molecule has 1 aromatic carbocycles. The van der Waals surface area contributed by atoms with Crippen molar-refractivity contribution in [2.24, 2.45) is 0 Å². The lowest BCUT2D eigenvalue weighted by Gasteiger charge is -2.35. The number of likely N-dealkylation sites (tertiary alicyclic amines) is 1. The Hall–Kier alpha value is -1.46. The summed E-state index contributed by atoms with van der Waals surface area (Å²) in [5, 5.41) is 0. The highest BCUT2D eigenvalue weighted by Gasteiger charge is 2.30. The van der Waals surface area contributed by atoms with E-state index in [9.17, 15) is 9.18 Å². The fourth-order valence-corrected chi connectivity index (χ4v) is 4.02. The molecule has 2 fully saturated rings. The number of rotatable bonds is 3. The molecule has 2 aliphatic heterocycles. The lowest BCUT2D eigenvalue weighted by atomic mass is 10.0. The smallest absolute Gasteiger partial charge is 0.239 e. The summed E-state index contributed by atoms with van der Waals surface area (Å²) in [6, 6.07) is 5.09. The molecule has 2 heterocycles. The fourth-order valence-electron chi connectivity index (χ4n) is 4.02.